The van der Waals surface area contributed by atoms with Gasteiger partial charge < -0.3 is 19.9 Å². The van der Waals surface area contributed by atoms with Crippen LogP contribution < -0.4 is 15.0 Å². The molecular weight excluding hydrogens is 562 g/mol. The number of nitrogens with one attached hydrogen (secondary N) is 1. The molecule has 0 spiro atoms. The van der Waals surface area contributed by atoms with Gasteiger partial charge in [-0.05, 0) is 44.2 Å². The van der Waals surface area contributed by atoms with Gasteiger partial charge in [-0.3, -0.25) is 4.79 Å². The van der Waals surface area contributed by atoms with Crippen LogP contribution in [-0.4, -0.2) is 69.7 Å². The first-order valence-corrected chi connectivity index (χ1v) is 13.7. The van der Waals surface area contributed by atoms with Gasteiger partial charge >= 0.3 is 6.61 Å². The zero-order chi connectivity index (χ0) is 28.2. The zero-order valence-electron chi connectivity index (χ0n) is 21.4. The Bertz CT molecular complexity index is 1550. The molecule has 0 unspecified atom stereocenters. The van der Waals surface area contributed by atoms with Crippen LogP contribution in [0, 0.1) is 11.3 Å². The number of alkyl halides is 2. The van der Waals surface area contributed by atoms with Crippen molar-refractivity contribution in [1.82, 2.24) is 24.5 Å². The number of carbonyl (C=O) groups excluding carboxylic acids is 1. The molecule has 1 fully saturated rings. The SMILES string of the molecule is CN(CCC#N)C1CCN(c2nc(-c3cc(Cl)ccc3OC(F)F)c(NC(=O)c3cnn4cccnc34)s2)CC1. The predicted molar refractivity (Wildman–Crippen MR) is 148 cm³/mol. The Labute approximate surface area is 237 Å². The third-order valence-electron chi connectivity index (χ3n) is 6.71. The number of nitriles is 1. The number of thiazole rings is 1. The molecule has 1 aliphatic heterocycles. The molecule has 0 bridgehead atoms. The highest BCUT2D eigenvalue weighted by Gasteiger charge is 2.28. The Hall–Kier alpha value is -3.86. The lowest BCUT2D eigenvalue weighted by Gasteiger charge is -2.36. The number of amides is 1. The molecule has 4 aromatic rings. The van der Waals surface area contributed by atoms with Crippen molar-refractivity contribution < 1.29 is 18.3 Å². The first-order chi connectivity index (χ1) is 19.3. The number of aromatic nitrogens is 4. The summed E-state index contributed by atoms with van der Waals surface area (Å²) < 4.78 is 32.7. The van der Waals surface area contributed by atoms with Crippen molar-refractivity contribution in [3.63, 3.8) is 0 Å². The van der Waals surface area contributed by atoms with Gasteiger partial charge in [0.15, 0.2) is 10.8 Å². The first kappa shape index (κ1) is 27.7. The molecule has 208 valence electrons. The van der Waals surface area contributed by atoms with E-state index in [1.807, 2.05) is 7.05 Å². The Morgan fingerprint density at radius 2 is 2.17 bits per heavy atom. The average molecular weight is 587 g/mol. The molecule has 10 nitrogen and oxygen atoms in total. The molecule has 0 atom stereocenters. The molecular formula is C26H25ClF2N8O2S. The molecule has 5 rings (SSSR count). The van der Waals surface area contributed by atoms with Crippen LogP contribution in [-0.2, 0) is 0 Å². The minimum Gasteiger partial charge on any atom is -0.434 e. The van der Waals surface area contributed by atoms with Gasteiger partial charge in [0.1, 0.15) is 22.0 Å². The molecule has 1 N–H and O–H groups in total. The monoisotopic (exact) mass is 586 g/mol. The number of hydrogen-bond acceptors (Lipinski definition) is 9. The summed E-state index contributed by atoms with van der Waals surface area (Å²) >= 11 is 7.48. The second kappa shape index (κ2) is 12.1. The van der Waals surface area contributed by atoms with Crippen molar-refractivity contribution in [2.45, 2.75) is 31.9 Å². The van der Waals surface area contributed by atoms with E-state index in [4.69, 9.17) is 26.6 Å². The van der Waals surface area contributed by atoms with E-state index >= 15 is 0 Å². The van der Waals surface area contributed by atoms with Crippen molar-refractivity contribution in [1.29, 1.82) is 5.26 Å². The highest BCUT2D eigenvalue weighted by atomic mass is 35.5. The molecule has 14 heteroatoms. The molecule has 0 radical (unpaired) electrons. The Kier molecular flexibility index (Phi) is 8.39. The van der Waals surface area contributed by atoms with E-state index < -0.39 is 12.5 Å². The maximum absolute atomic E-state index is 13.3. The summed E-state index contributed by atoms with van der Waals surface area (Å²) in [5.74, 6) is -0.580. The van der Waals surface area contributed by atoms with Gasteiger partial charge in [-0.25, -0.2) is 14.5 Å². The van der Waals surface area contributed by atoms with Crippen LogP contribution in [0.1, 0.15) is 29.6 Å². The topological polar surface area (TPSA) is 112 Å². The number of halogens is 3. The van der Waals surface area contributed by atoms with Crippen molar-refractivity contribution in [2.75, 3.05) is 36.9 Å². The Morgan fingerprint density at radius 1 is 1.38 bits per heavy atom. The fraction of sp³-hybridized carbons (Fsp3) is 0.346. The highest BCUT2D eigenvalue weighted by Crippen LogP contribution is 2.43. The third kappa shape index (κ3) is 5.99. The minimum atomic E-state index is -3.06. The quantitative estimate of drug-likeness (QED) is 0.286. The van der Waals surface area contributed by atoms with E-state index in [0.29, 0.717) is 52.9 Å². The lowest BCUT2D eigenvalue weighted by Crippen LogP contribution is -2.43. The molecule has 4 heterocycles. The second-order valence-electron chi connectivity index (χ2n) is 9.20. The van der Waals surface area contributed by atoms with E-state index in [1.54, 1.807) is 18.5 Å². The lowest BCUT2D eigenvalue weighted by molar-refractivity contribution is -0.0494. The van der Waals surface area contributed by atoms with Gasteiger partial charge in [0, 0.05) is 55.1 Å². The number of anilines is 2. The highest BCUT2D eigenvalue weighted by molar-refractivity contribution is 7.20. The molecule has 0 aliphatic carbocycles. The summed E-state index contributed by atoms with van der Waals surface area (Å²) in [5, 5.41) is 17.2. The molecule has 0 saturated carbocycles. The van der Waals surface area contributed by atoms with E-state index in [1.165, 1.54) is 40.2 Å². The average Bonchev–Trinajstić information content (AvgIpc) is 3.57. The number of carbonyl (C=O) groups is 1. The molecule has 1 saturated heterocycles. The van der Waals surface area contributed by atoms with Crippen molar-refractivity contribution in [3.8, 4) is 23.1 Å². The normalized spacial score (nSPS) is 14.2. The van der Waals surface area contributed by atoms with Gasteiger partial charge in [0.05, 0.1) is 12.3 Å². The summed E-state index contributed by atoms with van der Waals surface area (Å²) in [5.41, 5.74) is 1.12. The second-order valence-corrected chi connectivity index (χ2v) is 10.6. The van der Waals surface area contributed by atoms with Gasteiger partial charge in [-0.1, -0.05) is 22.9 Å². The Morgan fingerprint density at radius 3 is 2.92 bits per heavy atom. The van der Waals surface area contributed by atoms with Crippen LogP contribution in [0.15, 0.2) is 42.9 Å². The van der Waals surface area contributed by atoms with E-state index in [0.717, 1.165) is 12.8 Å². The maximum atomic E-state index is 13.3. The van der Waals surface area contributed by atoms with E-state index in [-0.39, 0.29) is 22.6 Å². The summed E-state index contributed by atoms with van der Waals surface area (Å²) in [4.78, 5) is 26.7. The third-order valence-corrected chi connectivity index (χ3v) is 7.98. The molecule has 1 aromatic carbocycles. The number of nitrogens with zero attached hydrogens (tertiary/aromatic N) is 7. The van der Waals surface area contributed by atoms with Gasteiger partial charge in [0.2, 0.25) is 0 Å². The van der Waals surface area contributed by atoms with Crippen LogP contribution in [0.5, 0.6) is 5.75 Å². The van der Waals surface area contributed by atoms with Crippen LogP contribution in [0.2, 0.25) is 5.02 Å². The molecule has 3 aromatic heterocycles. The molecule has 1 aliphatic rings. The van der Waals surface area contributed by atoms with E-state index in [2.05, 4.69) is 31.3 Å². The van der Waals surface area contributed by atoms with Crippen molar-refractivity contribution in [3.05, 3.63) is 53.4 Å². The van der Waals surface area contributed by atoms with Crippen molar-refractivity contribution >= 4 is 44.6 Å². The number of ether oxygens (including phenoxy) is 1. The number of benzene rings is 1. The van der Waals surface area contributed by atoms with Crippen molar-refractivity contribution in [2.24, 2.45) is 0 Å². The zero-order valence-corrected chi connectivity index (χ0v) is 23.0. The summed E-state index contributed by atoms with van der Waals surface area (Å²) in [6, 6.07) is 8.51. The van der Waals surface area contributed by atoms with Crippen LogP contribution >= 0.6 is 22.9 Å². The fourth-order valence-corrected chi connectivity index (χ4v) is 5.86. The first-order valence-electron chi connectivity index (χ1n) is 12.5. The molecule has 1 amide bonds. The summed E-state index contributed by atoms with van der Waals surface area (Å²) in [6.07, 6.45) is 6.85. The van der Waals surface area contributed by atoms with Gasteiger partial charge in [-0.15, -0.1) is 0 Å². The number of fused-ring (bicyclic) bond motifs is 1. The largest absolute Gasteiger partial charge is 0.434 e. The number of hydrogen-bond donors (Lipinski definition) is 1. The standard InChI is InChI=1S/C26H25ClF2N8O2S/c1-35(10-2-8-30)17-6-12-36(13-7-17)26-33-21(18-14-16(27)4-5-20(18)39-25(28)29)24(40-26)34-23(38)19-15-32-37-11-3-9-31-22(19)37/h3-5,9,11,14-15,17,25H,2,6-7,10,12-13H2,1H3,(H,34,38). The van der Waals surface area contributed by atoms with Crippen LogP contribution in [0.3, 0.4) is 0 Å². The Balaban J connectivity index is 1.47. The number of piperidine rings is 1. The van der Waals surface area contributed by atoms with Crippen LogP contribution in [0.4, 0.5) is 18.9 Å². The summed E-state index contributed by atoms with van der Waals surface area (Å²) in [6.45, 7) is -0.942. The fourth-order valence-electron chi connectivity index (χ4n) is 4.66. The smallest absolute Gasteiger partial charge is 0.387 e. The maximum Gasteiger partial charge on any atom is 0.387 e. The lowest BCUT2D eigenvalue weighted by atomic mass is 10.0. The van der Waals surface area contributed by atoms with E-state index in [9.17, 15) is 13.6 Å². The van der Waals surface area contributed by atoms with Crippen LogP contribution in [0.25, 0.3) is 16.9 Å². The molecule has 40 heavy (non-hydrogen) atoms. The van der Waals surface area contributed by atoms with Gasteiger partial charge in [-0.2, -0.15) is 19.1 Å². The predicted octanol–water partition coefficient (Wildman–Crippen LogP) is 5.17. The van der Waals surface area contributed by atoms with Gasteiger partial charge in [0.25, 0.3) is 5.91 Å². The number of rotatable bonds is 9. The summed E-state index contributed by atoms with van der Waals surface area (Å²) in [7, 11) is 2.02. The minimum absolute atomic E-state index is 0.109.